The van der Waals surface area contributed by atoms with Crippen molar-refractivity contribution < 1.29 is 4.79 Å². The number of para-hydroxylation sites is 1. The first-order valence-electron chi connectivity index (χ1n) is 8.41. The highest BCUT2D eigenvalue weighted by molar-refractivity contribution is 7.13. The first kappa shape index (κ1) is 17.1. The van der Waals surface area contributed by atoms with Gasteiger partial charge in [0.25, 0.3) is 5.91 Å². The van der Waals surface area contributed by atoms with Gasteiger partial charge < -0.3 is 4.90 Å². The molecule has 0 radical (unpaired) electrons. The van der Waals surface area contributed by atoms with Gasteiger partial charge in [-0.15, -0.1) is 11.3 Å². The molecule has 0 N–H and O–H groups in total. The highest BCUT2D eigenvalue weighted by Crippen LogP contribution is 2.20. The molecular formula is C20H17N5OS. The third-order valence-corrected chi connectivity index (χ3v) is 4.93. The van der Waals surface area contributed by atoms with E-state index in [2.05, 4.69) is 15.1 Å². The van der Waals surface area contributed by atoms with Crippen molar-refractivity contribution in [1.29, 1.82) is 0 Å². The summed E-state index contributed by atoms with van der Waals surface area (Å²) in [6, 6.07) is 13.8. The molecule has 0 aliphatic rings. The van der Waals surface area contributed by atoms with Gasteiger partial charge in [-0.2, -0.15) is 5.10 Å². The second-order valence-corrected chi connectivity index (χ2v) is 7.01. The second kappa shape index (κ2) is 7.51. The first-order chi connectivity index (χ1) is 13.2. The minimum Gasteiger partial charge on any atom is -0.337 e. The van der Waals surface area contributed by atoms with E-state index in [0.717, 1.165) is 16.1 Å². The zero-order valence-corrected chi connectivity index (χ0v) is 15.5. The molecule has 0 unspecified atom stereocenters. The van der Waals surface area contributed by atoms with E-state index >= 15 is 0 Å². The number of nitrogens with zero attached hydrogens (tertiary/aromatic N) is 5. The lowest BCUT2D eigenvalue weighted by Crippen LogP contribution is -2.26. The van der Waals surface area contributed by atoms with Crippen LogP contribution in [0, 0.1) is 0 Å². The van der Waals surface area contributed by atoms with Gasteiger partial charge in [-0.3, -0.25) is 4.79 Å². The molecule has 7 heteroatoms. The minimum absolute atomic E-state index is 0.125. The van der Waals surface area contributed by atoms with Gasteiger partial charge in [0.15, 0.2) is 5.82 Å². The Bertz CT molecular complexity index is 1030. The molecule has 134 valence electrons. The summed E-state index contributed by atoms with van der Waals surface area (Å²) in [6.07, 6.45) is 6.85. The summed E-state index contributed by atoms with van der Waals surface area (Å²) in [5, 5.41) is 6.34. The lowest BCUT2D eigenvalue weighted by atomic mass is 10.2. The van der Waals surface area contributed by atoms with Crippen LogP contribution < -0.4 is 0 Å². The van der Waals surface area contributed by atoms with E-state index in [1.807, 2.05) is 54.0 Å². The zero-order valence-electron chi connectivity index (χ0n) is 14.7. The molecule has 4 rings (SSSR count). The maximum Gasteiger partial charge on any atom is 0.257 e. The largest absolute Gasteiger partial charge is 0.337 e. The lowest BCUT2D eigenvalue weighted by Gasteiger charge is -2.15. The van der Waals surface area contributed by atoms with Crippen molar-refractivity contribution in [2.45, 2.75) is 6.54 Å². The summed E-state index contributed by atoms with van der Waals surface area (Å²) in [4.78, 5) is 23.9. The summed E-state index contributed by atoms with van der Waals surface area (Å²) in [7, 11) is 1.76. The minimum atomic E-state index is -0.125. The van der Waals surface area contributed by atoms with Gasteiger partial charge in [0, 0.05) is 37.7 Å². The number of amides is 1. The maximum atomic E-state index is 12.6. The molecular weight excluding hydrogens is 358 g/mol. The molecule has 0 fully saturated rings. The quantitative estimate of drug-likeness (QED) is 0.534. The average Bonchev–Trinajstić information content (AvgIpc) is 3.40. The number of aromatic nitrogens is 4. The molecule has 1 aromatic carbocycles. The average molecular weight is 375 g/mol. The molecule has 27 heavy (non-hydrogen) atoms. The Hall–Kier alpha value is -3.32. The Morgan fingerprint density at radius 2 is 1.85 bits per heavy atom. The van der Waals surface area contributed by atoms with E-state index in [-0.39, 0.29) is 5.91 Å². The van der Waals surface area contributed by atoms with E-state index in [0.29, 0.717) is 17.9 Å². The number of benzene rings is 1. The van der Waals surface area contributed by atoms with Crippen molar-refractivity contribution >= 4 is 17.2 Å². The normalized spacial score (nSPS) is 10.7. The van der Waals surface area contributed by atoms with Crippen LogP contribution in [0.25, 0.3) is 16.4 Å². The molecule has 0 aliphatic heterocycles. The number of hydrogen-bond donors (Lipinski definition) is 0. The fourth-order valence-electron chi connectivity index (χ4n) is 2.70. The first-order valence-corrected chi connectivity index (χ1v) is 9.29. The molecule has 0 saturated heterocycles. The van der Waals surface area contributed by atoms with Gasteiger partial charge in [-0.25, -0.2) is 14.6 Å². The van der Waals surface area contributed by atoms with E-state index in [9.17, 15) is 4.79 Å². The van der Waals surface area contributed by atoms with E-state index in [1.54, 1.807) is 46.6 Å². The Labute approximate surface area is 160 Å². The summed E-state index contributed by atoms with van der Waals surface area (Å²) in [6.45, 7) is 0.457. The molecule has 0 saturated carbocycles. The predicted octanol–water partition coefficient (Wildman–Crippen LogP) is 3.66. The Kier molecular flexibility index (Phi) is 4.76. The number of rotatable bonds is 5. The van der Waals surface area contributed by atoms with E-state index in [1.165, 1.54) is 0 Å². The fourth-order valence-corrected chi connectivity index (χ4v) is 3.37. The van der Waals surface area contributed by atoms with Gasteiger partial charge >= 0.3 is 0 Å². The topological polar surface area (TPSA) is 63.9 Å². The van der Waals surface area contributed by atoms with Crippen LogP contribution in [0.5, 0.6) is 0 Å². The summed E-state index contributed by atoms with van der Waals surface area (Å²) in [5.74, 6) is 0.508. The number of thiophene rings is 1. The highest BCUT2D eigenvalue weighted by atomic mass is 32.1. The smallest absolute Gasteiger partial charge is 0.257 e. The number of hydrogen-bond acceptors (Lipinski definition) is 5. The fraction of sp³-hybridized carbons (Fsp3) is 0.100. The van der Waals surface area contributed by atoms with Crippen LogP contribution in [0.4, 0.5) is 0 Å². The molecule has 1 amide bonds. The molecule has 0 spiro atoms. The summed E-state index contributed by atoms with van der Waals surface area (Å²) < 4.78 is 1.80. The van der Waals surface area contributed by atoms with Gasteiger partial charge in [-0.1, -0.05) is 24.3 Å². The predicted molar refractivity (Wildman–Crippen MR) is 105 cm³/mol. The third kappa shape index (κ3) is 3.78. The molecule has 6 nitrogen and oxygen atoms in total. The van der Waals surface area contributed by atoms with Crippen LogP contribution in [0.3, 0.4) is 0 Å². The lowest BCUT2D eigenvalue weighted by molar-refractivity contribution is 0.0784. The molecule has 3 aromatic heterocycles. The zero-order chi connectivity index (χ0) is 18.6. The SMILES string of the molecule is CN(Cc1cnn(-c2ccccc2)c1)C(=O)c1cnc(-c2cccs2)nc1. The Morgan fingerprint density at radius 3 is 2.56 bits per heavy atom. The number of carbonyl (C=O) groups is 1. The van der Waals surface area contributed by atoms with Crippen LogP contribution in [0.1, 0.15) is 15.9 Å². The van der Waals surface area contributed by atoms with Gasteiger partial charge in [-0.05, 0) is 23.6 Å². The summed E-state index contributed by atoms with van der Waals surface area (Å²) >= 11 is 1.57. The third-order valence-electron chi connectivity index (χ3n) is 4.06. The maximum absolute atomic E-state index is 12.6. The van der Waals surface area contributed by atoms with E-state index in [4.69, 9.17) is 0 Å². The van der Waals surface area contributed by atoms with Crippen LogP contribution in [-0.4, -0.2) is 37.6 Å². The van der Waals surface area contributed by atoms with Crippen molar-refractivity contribution in [2.24, 2.45) is 0 Å². The molecule has 0 aliphatic carbocycles. The second-order valence-electron chi connectivity index (χ2n) is 6.06. The molecule has 0 bridgehead atoms. The molecule has 3 heterocycles. The molecule has 4 aromatic rings. The van der Waals surface area contributed by atoms with Crippen molar-refractivity contribution in [3.8, 4) is 16.4 Å². The Morgan fingerprint density at radius 1 is 1.07 bits per heavy atom. The standard InChI is InChI=1S/C20H17N5OS/c1-24(13-15-10-23-25(14-15)17-6-3-2-4-7-17)20(26)16-11-21-19(22-12-16)18-8-5-9-27-18/h2-12,14H,13H2,1H3. The van der Waals surface area contributed by atoms with Crippen molar-refractivity contribution in [2.75, 3.05) is 7.05 Å². The molecule has 0 atom stereocenters. The van der Waals surface area contributed by atoms with Crippen molar-refractivity contribution in [3.05, 3.63) is 83.8 Å². The van der Waals surface area contributed by atoms with Crippen molar-refractivity contribution in [1.82, 2.24) is 24.6 Å². The van der Waals surface area contributed by atoms with Gasteiger partial charge in [0.1, 0.15) is 0 Å². The number of carbonyl (C=O) groups excluding carboxylic acids is 1. The van der Waals surface area contributed by atoms with Crippen molar-refractivity contribution in [3.63, 3.8) is 0 Å². The van der Waals surface area contributed by atoms with Gasteiger partial charge in [0.05, 0.1) is 22.3 Å². The van der Waals surface area contributed by atoms with Crippen LogP contribution in [-0.2, 0) is 6.54 Å². The Balaban J connectivity index is 1.44. The highest BCUT2D eigenvalue weighted by Gasteiger charge is 2.15. The van der Waals surface area contributed by atoms with Gasteiger partial charge in [0.2, 0.25) is 0 Å². The van der Waals surface area contributed by atoms with Crippen LogP contribution >= 0.6 is 11.3 Å². The van der Waals surface area contributed by atoms with Crippen LogP contribution in [0.2, 0.25) is 0 Å². The summed E-state index contributed by atoms with van der Waals surface area (Å²) in [5.41, 5.74) is 2.40. The van der Waals surface area contributed by atoms with E-state index < -0.39 is 0 Å². The monoisotopic (exact) mass is 375 g/mol. The van der Waals surface area contributed by atoms with Crippen LogP contribution in [0.15, 0.2) is 72.6 Å².